The Balaban J connectivity index is 2.18. The van der Waals surface area contributed by atoms with Crippen LogP contribution in [0.25, 0.3) is 0 Å². The number of aryl methyl sites for hydroxylation is 1. The molecule has 4 heteroatoms. The first-order valence-corrected chi connectivity index (χ1v) is 4.91. The van der Waals surface area contributed by atoms with Crippen LogP contribution in [0.5, 0.6) is 0 Å². The number of nitrogens with one attached hydrogen (secondary N) is 3. The lowest BCUT2D eigenvalue weighted by atomic mass is 9.99. The van der Waals surface area contributed by atoms with Crippen LogP contribution in [0.2, 0.25) is 0 Å². The summed E-state index contributed by atoms with van der Waals surface area (Å²) in [5.74, 6) is 0.790. The van der Waals surface area contributed by atoms with Gasteiger partial charge in [-0.2, -0.15) is 0 Å². The largest absolute Gasteiger partial charge is 0.340 e. The molecule has 76 valence electrons. The zero-order valence-corrected chi connectivity index (χ0v) is 8.35. The van der Waals surface area contributed by atoms with Crippen LogP contribution in [0.15, 0.2) is 23.0 Å². The summed E-state index contributed by atoms with van der Waals surface area (Å²) in [7, 11) is 0. The molecule has 15 heavy (non-hydrogen) atoms. The molecule has 0 atom stereocenters. The molecule has 0 radical (unpaired) electrons. The number of benzene rings is 1. The first-order valence-electron chi connectivity index (χ1n) is 4.91. The minimum atomic E-state index is -0.155. The summed E-state index contributed by atoms with van der Waals surface area (Å²) < 4.78 is 0. The predicted molar refractivity (Wildman–Crippen MR) is 58.7 cm³/mol. The maximum atomic E-state index is 11.1. The van der Waals surface area contributed by atoms with Gasteiger partial charge < -0.3 is 10.3 Å². The third kappa shape index (κ3) is 1.18. The van der Waals surface area contributed by atoms with E-state index in [1.165, 1.54) is 11.1 Å². The molecule has 0 saturated heterocycles. The van der Waals surface area contributed by atoms with Gasteiger partial charge in [-0.1, -0.05) is 12.1 Å². The van der Waals surface area contributed by atoms with Crippen LogP contribution in [0.4, 0.5) is 11.5 Å². The first-order chi connectivity index (χ1) is 7.24. The summed E-state index contributed by atoms with van der Waals surface area (Å²) in [6.45, 7) is 2.08. The van der Waals surface area contributed by atoms with Crippen molar-refractivity contribution in [3.8, 4) is 0 Å². The number of H-pyrrole nitrogens is 2. The Hall–Kier alpha value is -1.97. The van der Waals surface area contributed by atoms with E-state index in [0.29, 0.717) is 0 Å². The molecule has 0 fully saturated rings. The van der Waals surface area contributed by atoms with Crippen LogP contribution in [0, 0.1) is 6.92 Å². The van der Waals surface area contributed by atoms with Gasteiger partial charge in [0.1, 0.15) is 5.82 Å². The van der Waals surface area contributed by atoms with Crippen LogP contribution in [-0.4, -0.2) is 9.97 Å². The van der Waals surface area contributed by atoms with Gasteiger partial charge in [0.15, 0.2) is 0 Å². The normalized spacial score (nSPS) is 12.9. The third-order valence-corrected chi connectivity index (χ3v) is 2.83. The average molecular weight is 201 g/mol. The van der Waals surface area contributed by atoms with Crippen molar-refractivity contribution < 1.29 is 0 Å². The molecule has 0 bridgehead atoms. The highest BCUT2D eigenvalue weighted by Crippen LogP contribution is 2.31. The zero-order chi connectivity index (χ0) is 10.4. The molecule has 1 aliphatic heterocycles. The number of fused-ring (bicyclic) bond motifs is 2. The maximum absolute atomic E-state index is 11.1. The molecule has 2 aromatic rings. The first kappa shape index (κ1) is 8.35. The van der Waals surface area contributed by atoms with Gasteiger partial charge in [0.05, 0.1) is 5.69 Å². The molecular weight excluding hydrogens is 190 g/mol. The SMILES string of the molecule is Cc1cccc2c1Cc1[nH]c(=O)[nH]c1N2. The van der Waals surface area contributed by atoms with Crippen LogP contribution >= 0.6 is 0 Å². The van der Waals surface area contributed by atoms with E-state index in [0.717, 1.165) is 23.6 Å². The maximum Gasteiger partial charge on any atom is 0.324 e. The predicted octanol–water partition coefficient (Wildman–Crippen LogP) is 1.66. The van der Waals surface area contributed by atoms with E-state index in [9.17, 15) is 4.79 Å². The third-order valence-electron chi connectivity index (χ3n) is 2.83. The van der Waals surface area contributed by atoms with Gasteiger partial charge in [0.2, 0.25) is 0 Å². The zero-order valence-electron chi connectivity index (χ0n) is 8.35. The molecule has 0 aliphatic carbocycles. The number of imidazole rings is 1. The number of hydrogen-bond donors (Lipinski definition) is 3. The molecule has 2 heterocycles. The molecule has 0 amide bonds. The van der Waals surface area contributed by atoms with E-state index in [4.69, 9.17) is 0 Å². The van der Waals surface area contributed by atoms with E-state index in [1.807, 2.05) is 12.1 Å². The quantitative estimate of drug-likeness (QED) is 0.518. The summed E-state index contributed by atoms with van der Waals surface area (Å²) in [6, 6.07) is 6.11. The minimum absolute atomic E-state index is 0.155. The molecule has 1 aromatic heterocycles. The van der Waals surface area contributed by atoms with Crippen molar-refractivity contribution in [1.82, 2.24) is 9.97 Å². The van der Waals surface area contributed by atoms with Gasteiger partial charge in [0.25, 0.3) is 0 Å². The van der Waals surface area contributed by atoms with Crippen LogP contribution in [0.1, 0.15) is 16.8 Å². The monoisotopic (exact) mass is 201 g/mol. The topological polar surface area (TPSA) is 60.7 Å². The molecule has 1 aromatic carbocycles. The Morgan fingerprint density at radius 1 is 1.27 bits per heavy atom. The molecule has 4 nitrogen and oxygen atoms in total. The van der Waals surface area contributed by atoms with Gasteiger partial charge in [-0.3, -0.25) is 4.98 Å². The van der Waals surface area contributed by atoms with Crippen molar-refractivity contribution in [3.63, 3.8) is 0 Å². The van der Waals surface area contributed by atoms with Crippen LogP contribution in [-0.2, 0) is 6.42 Å². The van der Waals surface area contributed by atoms with Crippen LogP contribution in [0.3, 0.4) is 0 Å². The Morgan fingerprint density at radius 2 is 2.13 bits per heavy atom. The van der Waals surface area contributed by atoms with Gasteiger partial charge in [0, 0.05) is 12.1 Å². The number of aromatic nitrogens is 2. The molecule has 3 rings (SSSR count). The van der Waals surface area contributed by atoms with Gasteiger partial charge in [-0.25, -0.2) is 4.79 Å². The summed E-state index contributed by atoms with van der Waals surface area (Å²) in [5, 5.41) is 3.22. The van der Waals surface area contributed by atoms with Crippen LogP contribution < -0.4 is 11.0 Å². The van der Waals surface area contributed by atoms with Crippen molar-refractivity contribution in [3.05, 3.63) is 45.5 Å². The number of aromatic amines is 2. The van der Waals surface area contributed by atoms with Crippen molar-refractivity contribution in [1.29, 1.82) is 0 Å². The molecule has 0 unspecified atom stereocenters. The lowest BCUT2D eigenvalue weighted by Crippen LogP contribution is -2.07. The standard InChI is InChI=1S/C11H11N3O/c1-6-3-2-4-8-7(6)5-9-10(12-8)14-11(15)13-9/h2-4,12H,5H2,1H3,(H2,13,14,15). The van der Waals surface area contributed by atoms with E-state index in [2.05, 4.69) is 28.3 Å². The summed E-state index contributed by atoms with van der Waals surface area (Å²) >= 11 is 0. The van der Waals surface area contributed by atoms with Gasteiger partial charge >= 0.3 is 5.69 Å². The van der Waals surface area contributed by atoms with Gasteiger partial charge in [-0.15, -0.1) is 0 Å². The van der Waals surface area contributed by atoms with E-state index in [1.54, 1.807) is 0 Å². The van der Waals surface area contributed by atoms with Crippen molar-refractivity contribution in [2.75, 3.05) is 5.32 Å². The molecule has 0 saturated carbocycles. The number of anilines is 2. The van der Waals surface area contributed by atoms with Gasteiger partial charge in [-0.05, 0) is 24.1 Å². The lowest BCUT2D eigenvalue weighted by Gasteiger charge is -2.19. The molecular formula is C11H11N3O. The molecule has 1 aliphatic rings. The summed E-state index contributed by atoms with van der Waals surface area (Å²) in [5.41, 5.74) is 4.35. The fourth-order valence-electron chi connectivity index (χ4n) is 2.02. The number of hydrogen-bond acceptors (Lipinski definition) is 2. The summed E-state index contributed by atoms with van der Waals surface area (Å²) in [6.07, 6.45) is 0.781. The van der Waals surface area contributed by atoms with E-state index in [-0.39, 0.29) is 5.69 Å². The van der Waals surface area contributed by atoms with Crippen molar-refractivity contribution in [2.45, 2.75) is 13.3 Å². The molecule has 0 spiro atoms. The lowest BCUT2D eigenvalue weighted by molar-refractivity contribution is 1.05. The highest BCUT2D eigenvalue weighted by Gasteiger charge is 2.18. The number of rotatable bonds is 0. The second-order valence-electron chi connectivity index (χ2n) is 3.84. The highest BCUT2D eigenvalue weighted by atomic mass is 16.1. The fraction of sp³-hybridized carbons (Fsp3) is 0.182. The highest BCUT2D eigenvalue weighted by molar-refractivity contribution is 5.68. The Kier molecular flexibility index (Phi) is 1.54. The van der Waals surface area contributed by atoms with E-state index >= 15 is 0 Å². The Labute approximate surface area is 86.4 Å². The fourth-order valence-corrected chi connectivity index (χ4v) is 2.02. The van der Waals surface area contributed by atoms with Crippen molar-refractivity contribution in [2.24, 2.45) is 0 Å². The Morgan fingerprint density at radius 3 is 3.00 bits per heavy atom. The minimum Gasteiger partial charge on any atom is -0.340 e. The Bertz CT molecular complexity index is 580. The average Bonchev–Trinajstić information content (AvgIpc) is 2.55. The second-order valence-corrected chi connectivity index (χ2v) is 3.84. The summed E-state index contributed by atoms with van der Waals surface area (Å²) in [4.78, 5) is 16.7. The smallest absolute Gasteiger partial charge is 0.324 e. The second kappa shape index (κ2) is 2.76. The van der Waals surface area contributed by atoms with E-state index < -0.39 is 0 Å². The van der Waals surface area contributed by atoms with Crippen molar-refractivity contribution >= 4 is 11.5 Å². The molecule has 3 N–H and O–H groups in total.